The maximum absolute atomic E-state index is 12.8. The number of rotatable bonds is 2. The molecular formula is C19H24N4O2. The van der Waals surface area contributed by atoms with E-state index in [9.17, 15) is 9.59 Å². The van der Waals surface area contributed by atoms with Crippen LogP contribution in [0, 0.1) is 18.3 Å². The number of nitrogens with one attached hydrogen (secondary N) is 1. The van der Waals surface area contributed by atoms with Crippen LogP contribution in [0.2, 0.25) is 0 Å². The van der Waals surface area contributed by atoms with Gasteiger partial charge in [0.15, 0.2) is 0 Å². The lowest BCUT2D eigenvalue weighted by atomic mass is 10.0. The minimum atomic E-state index is -0.622. The summed E-state index contributed by atoms with van der Waals surface area (Å²) in [6, 6.07) is 7.58. The average molecular weight is 340 g/mol. The quantitative estimate of drug-likeness (QED) is 0.834. The Bertz CT molecular complexity index is 725. The number of benzene rings is 1. The van der Waals surface area contributed by atoms with Gasteiger partial charge in [-0.3, -0.25) is 14.5 Å². The number of piperazine rings is 1. The number of nitriles is 1. The average Bonchev–Trinajstić information content (AvgIpc) is 3.09. The third-order valence-corrected chi connectivity index (χ3v) is 5.33. The van der Waals surface area contributed by atoms with Gasteiger partial charge in [0, 0.05) is 30.9 Å². The van der Waals surface area contributed by atoms with Gasteiger partial charge >= 0.3 is 11.8 Å². The Morgan fingerprint density at radius 1 is 1.36 bits per heavy atom. The summed E-state index contributed by atoms with van der Waals surface area (Å²) < 4.78 is 0. The van der Waals surface area contributed by atoms with E-state index >= 15 is 0 Å². The van der Waals surface area contributed by atoms with Gasteiger partial charge in [0.1, 0.15) is 0 Å². The first-order valence-corrected chi connectivity index (χ1v) is 8.90. The number of hydrogen-bond donors (Lipinski definition) is 1. The van der Waals surface area contributed by atoms with Gasteiger partial charge in [-0.05, 0) is 50.4 Å². The molecule has 0 bridgehead atoms. The van der Waals surface area contributed by atoms with Crippen molar-refractivity contribution in [3.8, 4) is 6.07 Å². The Labute approximate surface area is 148 Å². The lowest BCUT2D eigenvalue weighted by Crippen LogP contribution is -2.59. The highest BCUT2D eigenvalue weighted by molar-refractivity contribution is 6.39. The Kier molecular flexibility index (Phi) is 5.05. The summed E-state index contributed by atoms with van der Waals surface area (Å²) in [4.78, 5) is 29.5. The molecule has 132 valence electrons. The first kappa shape index (κ1) is 17.4. The van der Waals surface area contributed by atoms with Gasteiger partial charge in [0.2, 0.25) is 0 Å². The van der Waals surface area contributed by atoms with Gasteiger partial charge in [-0.25, -0.2) is 0 Å². The molecule has 1 N–H and O–H groups in total. The molecule has 2 aliphatic rings. The molecule has 1 aromatic rings. The van der Waals surface area contributed by atoms with Crippen molar-refractivity contribution in [2.75, 3.05) is 25.0 Å². The number of carbonyl (C=O) groups excluding carboxylic acids is 2. The standard InChI is InChI=1S/C19H24N4O2/c1-3-15-11-22-8-4-5-16(22)12-23(15)19(25)18(24)21-17-9-14(10-20)7-6-13(17)2/h6-7,9,15-16H,3-5,8,11-12H2,1-2H3,(H,21,24)/t15-,16-/m0/s1. The molecule has 2 amide bonds. The van der Waals surface area contributed by atoms with Crippen LogP contribution in [0.15, 0.2) is 18.2 Å². The van der Waals surface area contributed by atoms with Gasteiger partial charge in [-0.2, -0.15) is 5.26 Å². The maximum Gasteiger partial charge on any atom is 0.313 e. The fourth-order valence-corrected chi connectivity index (χ4v) is 3.82. The van der Waals surface area contributed by atoms with E-state index in [0.29, 0.717) is 23.8 Å². The van der Waals surface area contributed by atoms with E-state index in [4.69, 9.17) is 5.26 Å². The largest absolute Gasteiger partial charge is 0.329 e. The number of amides is 2. The minimum Gasteiger partial charge on any atom is -0.329 e. The lowest BCUT2D eigenvalue weighted by Gasteiger charge is -2.43. The van der Waals surface area contributed by atoms with Crippen LogP contribution in [-0.2, 0) is 9.59 Å². The summed E-state index contributed by atoms with van der Waals surface area (Å²) in [6.45, 7) is 6.47. The molecule has 2 atom stereocenters. The molecule has 2 fully saturated rings. The molecule has 0 saturated carbocycles. The molecule has 1 aromatic carbocycles. The number of carbonyl (C=O) groups is 2. The summed E-state index contributed by atoms with van der Waals surface area (Å²) in [6.07, 6.45) is 3.09. The second kappa shape index (κ2) is 7.24. The van der Waals surface area contributed by atoms with Gasteiger partial charge in [-0.1, -0.05) is 13.0 Å². The Morgan fingerprint density at radius 3 is 2.88 bits per heavy atom. The van der Waals surface area contributed by atoms with Crippen LogP contribution in [0.25, 0.3) is 0 Å². The van der Waals surface area contributed by atoms with Crippen molar-refractivity contribution < 1.29 is 9.59 Å². The van der Waals surface area contributed by atoms with E-state index in [1.807, 2.05) is 13.0 Å². The number of fused-ring (bicyclic) bond motifs is 1. The number of aryl methyl sites for hydroxylation is 1. The molecule has 0 radical (unpaired) electrons. The molecule has 6 nitrogen and oxygen atoms in total. The van der Waals surface area contributed by atoms with Gasteiger partial charge in [0.25, 0.3) is 0 Å². The van der Waals surface area contributed by atoms with Crippen LogP contribution in [-0.4, -0.2) is 53.3 Å². The molecule has 0 unspecified atom stereocenters. The van der Waals surface area contributed by atoms with Crippen LogP contribution in [0.4, 0.5) is 5.69 Å². The maximum atomic E-state index is 12.8. The molecule has 6 heteroatoms. The van der Waals surface area contributed by atoms with E-state index in [0.717, 1.165) is 37.9 Å². The van der Waals surface area contributed by atoms with Gasteiger partial charge in [-0.15, -0.1) is 0 Å². The highest BCUT2D eigenvalue weighted by atomic mass is 16.2. The van der Waals surface area contributed by atoms with Crippen LogP contribution in [0.1, 0.15) is 37.3 Å². The van der Waals surface area contributed by atoms with Crippen LogP contribution in [0.5, 0.6) is 0 Å². The minimum absolute atomic E-state index is 0.0825. The normalized spacial score (nSPS) is 23.0. The van der Waals surface area contributed by atoms with E-state index in [2.05, 4.69) is 17.1 Å². The summed E-state index contributed by atoms with van der Waals surface area (Å²) in [5.41, 5.74) is 1.80. The summed E-state index contributed by atoms with van der Waals surface area (Å²) >= 11 is 0. The highest BCUT2D eigenvalue weighted by Crippen LogP contribution is 2.26. The van der Waals surface area contributed by atoms with Crippen molar-refractivity contribution >= 4 is 17.5 Å². The fraction of sp³-hybridized carbons (Fsp3) is 0.526. The molecule has 3 rings (SSSR count). The first-order valence-electron chi connectivity index (χ1n) is 8.90. The van der Waals surface area contributed by atoms with Crippen molar-refractivity contribution in [2.24, 2.45) is 0 Å². The monoisotopic (exact) mass is 340 g/mol. The molecule has 2 heterocycles. The third kappa shape index (κ3) is 3.52. The van der Waals surface area contributed by atoms with E-state index < -0.39 is 11.8 Å². The first-order chi connectivity index (χ1) is 12.0. The second-order valence-electron chi connectivity index (χ2n) is 6.91. The lowest BCUT2D eigenvalue weighted by molar-refractivity contribution is -0.147. The highest BCUT2D eigenvalue weighted by Gasteiger charge is 2.39. The molecular weight excluding hydrogens is 316 g/mol. The molecule has 0 aliphatic carbocycles. The second-order valence-corrected chi connectivity index (χ2v) is 6.91. The van der Waals surface area contributed by atoms with Crippen molar-refractivity contribution in [1.82, 2.24) is 9.80 Å². The van der Waals surface area contributed by atoms with Crippen molar-refractivity contribution in [3.05, 3.63) is 29.3 Å². The van der Waals surface area contributed by atoms with Gasteiger partial charge in [0.05, 0.1) is 11.6 Å². The van der Waals surface area contributed by atoms with E-state index in [1.165, 1.54) is 0 Å². The number of anilines is 1. The predicted octanol–water partition coefficient (Wildman–Crippen LogP) is 1.89. The SMILES string of the molecule is CC[C@H]1CN2CCC[C@H]2CN1C(=O)C(=O)Nc1cc(C#N)ccc1C. The topological polar surface area (TPSA) is 76.4 Å². The van der Waals surface area contributed by atoms with Crippen molar-refractivity contribution in [1.29, 1.82) is 5.26 Å². The van der Waals surface area contributed by atoms with E-state index in [-0.39, 0.29) is 6.04 Å². The van der Waals surface area contributed by atoms with Crippen molar-refractivity contribution in [2.45, 2.75) is 45.2 Å². The van der Waals surface area contributed by atoms with Crippen LogP contribution in [0.3, 0.4) is 0 Å². The zero-order valence-electron chi connectivity index (χ0n) is 14.8. The smallest absolute Gasteiger partial charge is 0.313 e. The third-order valence-electron chi connectivity index (χ3n) is 5.33. The summed E-state index contributed by atoms with van der Waals surface area (Å²) in [5.74, 6) is -1.09. The molecule has 2 saturated heterocycles. The predicted molar refractivity (Wildman–Crippen MR) is 94.9 cm³/mol. The number of nitrogens with zero attached hydrogens (tertiary/aromatic N) is 3. The van der Waals surface area contributed by atoms with Gasteiger partial charge < -0.3 is 10.2 Å². The summed E-state index contributed by atoms with van der Waals surface area (Å²) in [7, 11) is 0. The zero-order chi connectivity index (χ0) is 18.0. The summed E-state index contributed by atoms with van der Waals surface area (Å²) in [5, 5.41) is 11.7. The van der Waals surface area contributed by atoms with Crippen molar-refractivity contribution in [3.63, 3.8) is 0 Å². The molecule has 25 heavy (non-hydrogen) atoms. The molecule has 2 aliphatic heterocycles. The van der Waals surface area contributed by atoms with Crippen LogP contribution >= 0.6 is 0 Å². The molecule has 0 aromatic heterocycles. The Morgan fingerprint density at radius 2 is 2.16 bits per heavy atom. The molecule has 0 spiro atoms. The Balaban J connectivity index is 1.73. The van der Waals surface area contributed by atoms with Crippen LogP contribution < -0.4 is 5.32 Å². The zero-order valence-corrected chi connectivity index (χ0v) is 14.8. The fourth-order valence-electron chi connectivity index (χ4n) is 3.82. The Hall–Kier alpha value is -2.39. The number of hydrogen-bond acceptors (Lipinski definition) is 4. The van der Waals surface area contributed by atoms with E-state index in [1.54, 1.807) is 23.1 Å².